The average Bonchev–Trinajstić information content (AvgIpc) is 2.21. The molecule has 17 heavy (non-hydrogen) atoms. The lowest BCUT2D eigenvalue weighted by molar-refractivity contribution is -0.144. The smallest absolute Gasteiger partial charge is 0.389 e. The highest BCUT2D eigenvalue weighted by Crippen LogP contribution is 2.20. The normalized spacial score (nSPS) is 11.1. The van der Waals surface area contributed by atoms with Gasteiger partial charge in [-0.05, 0) is 13.3 Å². The largest absolute Gasteiger partial charge is 0.466 e. The van der Waals surface area contributed by atoms with Crippen molar-refractivity contribution in [2.75, 3.05) is 13.2 Å². The molecule has 0 aliphatic carbocycles. The fourth-order valence-corrected chi connectivity index (χ4v) is 1.05. The Morgan fingerprint density at radius 1 is 1.24 bits per heavy atom. The molecule has 0 aliphatic rings. The van der Waals surface area contributed by atoms with Crippen molar-refractivity contribution >= 4 is 11.9 Å². The van der Waals surface area contributed by atoms with E-state index in [2.05, 4.69) is 10.1 Å². The highest BCUT2D eigenvalue weighted by Gasteiger charge is 2.25. The molecule has 0 atom stereocenters. The number of nitrogens with one attached hydrogen (secondary N) is 1. The summed E-state index contributed by atoms with van der Waals surface area (Å²) in [5.74, 6) is -0.932. The number of amides is 1. The Labute approximate surface area is 97.5 Å². The molecule has 0 unspecified atom stereocenters. The molecule has 0 radical (unpaired) electrons. The predicted octanol–water partition coefficient (Wildman–Crippen LogP) is 1.79. The van der Waals surface area contributed by atoms with Crippen molar-refractivity contribution in [1.82, 2.24) is 5.32 Å². The van der Waals surface area contributed by atoms with Crippen LogP contribution in [0.1, 0.15) is 32.6 Å². The fourth-order valence-electron chi connectivity index (χ4n) is 1.05. The monoisotopic (exact) mass is 255 g/mol. The summed E-state index contributed by atoms with van der Waals surface area (Å²) in [4.78, 5) is 21.9. The maximum Gasteiger partial charge on any atom is 0.389 e. The zero-order valence-electron chi connectivity index (χ0n) is 9.60. The van der Waals surface area contributed by atoms with E-state index in [9.17, 15) is 22.8 Å². The van der Waals surface area contributed by atoms with Gasteiger partial charge in [-0.15, -0.1) is 0 Å². The molecule has 0 saturated heterocycles. The summed E-state index contributed by atoms with van der Waals surface area (Å²) in [5.41, 5.74) is 0. The highest BCUT2D eigenvalue weighted by atomic mass is 19.4. The number of hydrogen-bond acceptors (Lipinski definition) is 3. The van der Waals surface area contributed by atoms with Crippen LogP contribution in [0.15, 0.2) is 0 Å². The molecule has 1 N–H and O–H groups in total. The van der Waals surface area contributed by atoms with Crippen LogP contribution in [0.25, 0.3) is 0 Å². The molecule has 4 nitrogen and oxygen atoms in total. The summed E-state index contributed by atoms with van der Waals surface area (Å²) < 4.78 is 39.8. The Morgan fingerprint density at radius 2 is 1.88 bits per heavy atom. The van der Waals surface area contributed by atoms with Crippen molar-refractivity contribution in [3.05, 3.63) is 0 Å². The molecule has 7 heteroatoms. The first-order chi connectivity index (χ1) is 7.85. The molecule has 0 aromatic carbocycles. The molecule has 0 fully saturated rings. The van der Waals surface area contributed by atoms with E-state index < -0.39 is 24.5 Å². The van der Waals surface area contributed by atoms with Gasteiger partial charge in [-0.2, -0.15) is 13.2 Å². The molecule has 0 saturated carbocycles. The Hall–Kier alpha value is -1.27. The number of rotatable bonds is 7. The minimum absolute atomic E-state index is 0.0405. The van der Waals surface area contributed by atoms with Gasteiger partial charge in [0.25, 0.3) is 0 Å². The third-order valence-electron chi connectivity index (χ3n) is 1.82. The van der Waals surface area contributed by atoms with Crippen LogP contribution in [0.4, 0.5) is 13.2 Å². The molecular weight excluding hydrogens is 239 g/mol. The second kappa shape index (κ2) is 7.92. The summed E-state index contributed by atoms with van der Waals surface area (Å²) in [6.07, 6.45) is -5.40. The Balaban J connectivity index is 3.50. The highest BCUT2D eigenvalue weighted by molar-refractivity contribution is 5.81. The van der Waals surface area contributed by atoms with Gasteiger partial charge in [0.1, 0.15) is 0 Å². The van der Waals surface area contributed by atoms with Crippen LogP contribution in [0.3, 0.4) is 0 Å². The molecular formula is C10H16F3NO3. The van der Waals surface area contributed by atoms with Crippen molar-refractivity contribution in [2.24, 2.45) is 0 Å². The Kier molecular flexibility index (Phi) is 7.32. The van der Waals surface area contributed by atoms with Crippen LogP contribution in [0.2, 0.25) is 0 Å². The molecule has 100 valence electrons. The van der Waals surface area contributed by atoms with E-state index in [1.165, 1.54) is 0 Å². The molecule has 0 heterocycles. The molecule has 0 aromatic rings. The van der Waals surface area contributed by atoms with E-state index in [0.29, 0.717) is 0 Å². The van der Waals surface area contributed by atoms with Crippen LogP contribution in [-0.2, 0) is 14.3 Å². The zero-order chi connectivity index (χ0) is 13.3. The first-order valence-corrected chi connectivity index (χ1v) is 5.34. The Morgan fingerprint density at radius 3 is 2.41 bits per heavy atom. The van der Waals surface area contributed by atoms with E-state index >= 15 is 0 Å². The van der Waals surface area contributed by atoms with Crippen LogP contribution in [0, 0.1) is 0 Å². The first-order valence-electron chi connectivity index (χ1n) is 5.34. The third kappa shape index (κ3) is 11.0. The SMILES string of the molecule is CCOC(=O)CCC(=O)NCCCC(F)(F)F. The lowest BCUT2D eigenvalue weighted by Crippen LogP contribution is -2.26. The van der Waals surface area contributed by atoms with Gasteiger partial charge in [0, 0.05) is 19.4 Å². The predicted molar refractivity (Wildman–Crippen MR) is 54.2 cm³/mol. The summed E-state index contributed by atoms with van der Waals surface area (Å²) in [6.45, 7) is 1.85. The number of carbonyl (C=O) groups is 2. The first kappa shape index (κ1) is 15.7. The van der Waals surface area contributed by atoms with E-state index in [-0.39, 0.29) is 32.4 Å². The number of ether oxygens (including phenoxy) is 1. The van der Waals surface area contributed by atoms with Gasteiger partial charge in [-0.25, -0.2) is 0 Å². The van der Waals surface area contributed by atoms with Crippen molar-refractivity contribution < 1.29 is 27.5 Å². The van der Waals surface area contributed by atoms with E-state index in [0.717, 1.165) is 0 Å². The minimum Gasteiger partial charge on any atom is -0.466 e. The van der Waals surface area contributed by atoms with Crippen LogP contribution in [0.5, 0.6) is 0 Å². The van der Waals surface area contributed by atoms with Gasteiger partial charge in [-0.1, -0.05) is 0 Å². The Bertz CT molecular complexity index is 254. The molecule has 0 aromatic heterocycles. The van der Waals surface area contributed by atoms with Crippen molar-refractivity contribution in [3.63, 3.8) is 0 Å². The second-order valence-electron chi connectivity index (χ2n) is 3.37. The van der Waals surface area contributed by atoms with Crippen LogP contribution < -0.4 is 5.32 Å². The zero-order valence-corrected chi connectivity index (χ0v) is 9.60. The molecule has 0 rings (SSSR count). The number of alkyl halides is 3. The van der Waals surface area contributed by atoms with Crippen LogP contribution >= 0.6 is 0 Å². The van der Waals surface area contributed by atoms with Crippen LogP contribution in [-0.4, -0.2) is 31.2 Å². The maximum atomic E-state index is 11.7. The molecule has 0 spiro atoms. The van der Waals surface area contributed by atoms with E-state index in [1.807, 2.05) is 0 Å². The number of esters is 1. The summed E-state index contributed by atoms with van der Waals surface area (Å²) in [6, 6.07) is 0. The summed E-state index contributed by atoms with van der Waals surface area (Å²) in [7, 11) is 0. The average molecular weight is 255 g/mol. The van der Waals surface area contributed by atoms with Gasteiger partial charge in [0.05, 0.1) is 13.0 Å². The van der Waals surface area contributed by atoms with E-state index in [4.69, 9.17) is 0 Å². The van der Waals surface area contributed by atoms with Crippen molar-refractivity contribution in [2.45, 2.75) is 38.8 Å². The summed E-state index contributed by atoms with van der Waals surface area (Å²) >= 11 is 0. The van der Waals surface area contributed by atoms with Gasteiger partial charge in [-0.3, -0.25) is 9.59 Å². The van der Waals surface area contributed by atoms with Gasteiger partial charge in [0.2, 0.25) is 5.91 Å². The van der Waals surface area contributed by atoms with Crippen molar-refractivity contribution in [1.29, 1.82) is 0 Å². The van der Waals surface area contributed by atoms with E-state index in [1.54, 1.807) is 6.92 Å². The quantitative estimate of drug-likeness (QED) is 0.557. The van der Waals surface area contributed by atoms with Gasteiger partial charge < -0.3 is 10.1 Å². The standard InChI is InChI=1S/C10H16F3NO3/c1-2-17-9(16)5-4-8(15)14-7-3-6-10(11,12)13/h2-7H2,1H3,(H,14,15). The third-order valence-corrected chi connectivity index (χ3v) is 1.82. The second-order valence-corrected chi connectivity index (χ2v) is 3.37. The van der Waals surface area contributed by atoms with Crippen molar-refractivity contribution in [3.8, 4) is 0 Å². The number of carbonyl (C=O) groups excluding carboxylic acids is 2. The molecule has 0 bridgehead atoms. The molecule has 1 amide bonds. The lowest BCUT2D eigenvalue weighted by atomic mass is 10.2. The lowest BCUT2D eigenvalue weighted by Gasteiger charge is -2.07. The number of hydrogen-bond donors (Lipinski definition) is 1. The number of halogens is 3. The van der Waals surface area contributed by atoms with Gasteiger partial charge >= 0.3 is 12.1 Å². The fraction of sp³-hybridized carbons (Fsp3) is 0.800. The molecule has 0 aliphatic heterocycles. The summed E-state index contributed by atoms with van der Waals surface area (Å²) in [5, 5.41) is 2.31. The maximum absolute atomic E-state index is 11.7. The topological polar surface area (TPSA) is 55.4 Å². The van der Waals surface area contributed by atoms with Gasteiger partial charge in [0.15, 0.2) is 0 Å². The minimum atomic E-state index is -4.20.